The van der Waals surface area contributed by atoms with Crippen molar-refractivity contribution in [3.05, 3.63) is 77.0 Å². The Labute approximate surface area is 113 Å². The van der Waals surface area contributed by atoms with Crippen LogP contribution in [-0.4, -0.2) is 17.7 Å². The Morgan fingerprint density at radius 3 is 2.00 bits per heavy atom. The normalized spacial score (nSPS) is 12.0. The quantitative estimate of drug-likeness (QED) is 0.261. The van der Waals surface area contributed by atoms with E-state index in [9.17, 15) is 5.21 Å². The zero-order valence-electron chi connectivity index (χ0n) is 10.7. The van der Waals surface area contributed by atoms with E-state index in [2.05, 4.69) is 6.72 Å². The van der Waals surface area contributed by atoms with E-state index in [0.29, 0.717) is 17.8 Å². The molecular weight excluding hydrogens is 238 g/mol. The summed E-state index contributed by atoms with van der Waals surface area (Å²) >= 11 is 0. The number of benzene rings is 2. The SMILES string of the molecule is C=[N+]([O-])C(Cc1ccccc1)OCc1ccccc1. The molecule has 0 aliphatic heterocycles. The highest BCUT2D eigenvalue weighted by molar-refractivity contribution is 5.17. The summed E-state index contributed by atoms with van der Waals surface area (Å²) in [5, 5.41) is 11.5. The zero-order valence-corrected chi connectivity index (χ0v) is 10.7. The van der Waals surface area contributed by atoms with Crippen molar-refractivity contribution in [1.29, 1.82) is 0 Å². The molecule has 3 nitrogen and oxygen atoms in total. The summed E-state index contributed by atoms with van der Waals surface area (Å²) in [5.41, 5.74) is 2.10. The van der Waals surface area contributed by atoms with Gasteiger partial charge in [0.25, 0.3) is 6.23 Å². The minimum atomic E-state index is -0.567. The van der Waals surface area contributed by atoms with Crippen LogP contribution in [0.15, 0.2) is 60.7 Å². The van der Waals surface area contributed by atoms with Gasteiger partial charge in [0, 0.05) is 0 Å². The van der Waals surface area contributed by atoms with Crippen LogP contribution in [0.5, 0.6) is 0 Å². The molecule has 1 atom stereocenters. The first-order valence-corrected chi connectivity index (χ1v) is 6.22. The Morgan fingerprint density at radius 2 is 1.47 bits per heavy atom. The molecule has 0 N–H and O–H groups in total. The van der Waals surface area contributed by atoms with E-state index in [-0.39, 0.29) is 0 Å². The number of hydrogen-bond acceptors (Lipinski definition) is 2. The molecule has 0 aliphatic rings. The van der Waals surface area contributed by atoms with E-state index in [1.54, 1.807) is 0 Å². The van der Waals surface area contributed by atoms with Crippen molar-refractivity contribution in [3.63, 3.8) is 0 Å². The molecule has 1 unspecified atom stereocenters. The molecule has 19 heavy (non-hydrogen) atoms. The third kappa shape index (κ3) is 4.23. The average Bonchev–Trinajstić information content (AvgIpc) is 2.45. The highest BCUT2D eigenvalue weighted by Crippen LogP contribution is 2.09. The molecule has 0 bridgehead atoms. The lowest BCUT2D eigenvalue weighted by atomic mass is 10.1. The molecule has 2 rings (SSSR count). The van der Waals surface area contributed by atoms with Gasteiger partial charge in [-0.05, 0) is 11.1 Å². The largest absolute Gasteiger partial charge is 0.622 e. The van der Waals surface area contributed by atoms with E-state index in [1.165, 1.54) is 0 Å². The number of rotatable bonds is 6. The van der Waals surface area contributed by atoms with Gasteiger partial charge in [0.05, 0.1) is 13.0 Å². The maximum atomic E-state index is 11.5. The molecule has 0 aromatic heterocycles. The summed E-state index contributed by atoms with van der Waals surface area (Å²) in [6.45, 7) is 3.81. The molecule has 0 saturated carbocycles. The first-order chi connectivity index (χ1) is 9.25. The molecule has 2 aromatic rings. The lowest BCUT2D eigenvalue weighted by molar-refractivity contribution is -0.551. The van der Waals surface area contributed by atoms with E-state index in [4.69, 9.17) is 4.74 Å². The maximum Gasteiger partial charge on any atom is 0.271 e. The predicted octanol–water partition coefficient (Wildman–Crippen LogP) is 2.98. The maximum absolute atomic E-state index is 11.5. The number of ether oxygens (including phenoxy) is 1. The van der Waals surface area contributed by atoms with Crippen LogP contribution in [0.1, 0.15) is 11.1 Å². The van der Waals surface area contributed by atoms with Gasteiger partial charge in [-0.3, -0.25) is 0 Å². The van der Waals surface area contributed by atoms with E-state index < -0.39 is 6.23 Å². The molecule has 0 heterocycles. The van der Waals surface area contributed by atoms with Crippen molar-refractivity contribution in [2.45, 2.75) is 19.3 Å². The average molecular weight is 255 g/mol. The minimum absolute atomic E-state index is 0.409. The fourth-order valence-electron chi connectivity index (χ4n) is 1.83. The number of hydroxylamine groups is 1. The zero-order chi connectivity index (χ0) is 13.5. The molecule has 98 valence electrons. The van der Waals surface area contributed by atoms with Crippen LogP contribution >= 0.6 is 0 Å². The van der Waals surface area contributed by atoms with Crippen molar-refractivity contribution >= 4 is 6.72 Å². The van der Waals surface area contributed by atoms with E-state index in [1.807, 2.05) is 60.7 Å². The molecule has 3 heteroatoms. The number of nitrogens with zero attached hydrogens (tertiary/aromatic N) is 1. The summed E-state index contributed by atoms with van der Waals surface area (Å²) in [6, 6.07) is 19.6. The molecule has 0 aliphatic carbocycles. The van der Waals surface area contributed by atoms with E-state index in [0.717, 1.165) is 11.1 Å². The van der Waals surface area contributed by atoms with Gasteiger partial charge in [-0.2, -0.15) is 4.74 Å². The van der Waals surface area contributed by atoms with Gasteiger partial charge in [0.1, 0.15) is 6.72 Å². The van der Waals surface area contributed by atoms with Crippen LogP contribution in [0, 0.1) is 5.21 Å². The second kappa shape index (κ2) is 6.71. The highest BCUT2D eigenvalue weighted by atomic mass is 16.6. The van der Waals surface area contributed by atoms with Gasteiger partial charge in [-0.15, -0.1) is 0 Å². The van der Waals surface area contributed by atoms with Gasteiger partial charge in [0.2, 0.25) is 0 Å². The summed E-state index contributed by atoms with van der Waals surface area (Å²) in [5.74, 6) is 0. The fourth-order valence-corrected chi connectivity index (χ4v) is 1.83. The van der Waals surface area contributed by atoms with Crippen LogP contribution in [0.25, 0.3) is 0 Å². The second-order valence-corrected chi connectivity index (χ2v) is 4.36. The second-order valence-electron chi connectivity index (χ2n) is 4.36. The van der Waals surface area contributed by atoms with Crippen molar-refractivity contribution < 1.29 is 9.48 Å². The fraction of sp³-hybridized carbons (Fsp3) is 0.188. The van der Waals surface area contributed by atoms with Gasteiger partial charge >= 0.3 is 0 Å². The molecule has 2 aromatic carbocycles. The Hall–Kier alpha value is -2.13. The lowest BCUT2D eigenvalue weighted by Gasteiger charge is -2.16. The van der Waals surface area contributed by atoms with Crippen LogP contribution < -0.4 is 0 Å². The molecular formula is C16H17NO2. The van der Waals surface area contributed by atoms with Crippen molar-refractivity contribution in [3.8, 4) is 0 Å². The summed E-state index contributed by atoms with van der Waals surface area (Å²) in [4.78, 5) is 0. The molecule has 0 fully saturated rings. The minimum Gasteiger partial charge on any atom is -0.622 e. The highest BCUT2D eigenvalue weighted by Gasteiger charge is 2.16. The Morgan fingerprint density at radius 1 is 0.947 bits per heavy atom. The van der Waals surface area contributed by atoms with Crippen molar-refractivity contribution in [2.75, 3.05) is 0 Å². The van der Waals surface area contributed by atoms with E-state index >= 15 is 0 Å². The standard InChI is InChI=1S/C16H17NO2/c1-17(18)16(12-14-8-4-2-5-9-14)19-13-15-10-6-3-7-11-15/h2-11,16H,1,12-13H2. The third-order valence-corrected chi connectivity index (χ3v) is 2.86. The molecule has 0 spiro atoms. The molecule has 0 amide bonds. The van der Waals surface area contributed by atoms with Crippen LogP contribution in [0.2, 0.25) is 0 Å². The van der Waals surface area contributed by atoms with Crippen LogP contribution in [0.3, 0.4) is 0 Å². The van der Waals surface area contributed by atoms with Gasteiger partial charge in [-0.25, -0.2) is 0 Å². The first kappa shape index (κ1) is 13.3. The van der Waals surface area contributed by atoms with Crippen molar-refractivity contribution in [2.24, 2.45) is 0 Å². The topological polar surface area (TPSA) is 35.3 Å². The molecule has 0 saturated heterocycles. The Bertz CT molecular complexity index is 511. The smallest absolute Gasteiger partial charge is 0.271 e. The third-order valence-electron chi connectivity index (χ3n) is 2.86. The summed E-state index contributed by atoms with van der Waals surface area (Å²) in [6.07, 6.45) is -0.0386. The Balaban J connectivity index is 1.95. The summed E-state index contributed by atoms with van der Waals surface area (Å²) < 4.78 is 6.27. The summed E-state index contributed by atoms with van der Waals surface area (Å²) in [7, 11) is 0. The monoisotopic (exact) mass is 255 g/mol. The van der Waals surface area contributed by atoms with Gasteiger partial charge in [-0.1, -0.05) is 60.7 Å². The first-order valence-electron chi connectivity index (χ1n) is 6.22. The lowest BCUT2D eigenvalue weighted by Crippen LogP contribution is -2.26. The number of hydrogen-bond donors (Lipinski definition) is 0. The van der Waals surface area contributed by atoms with Gasteiger partial charge < -0.3 is 9.94 Å². The van der Waals surface area contributed by atoms with Gasteiger partial charge in [0.15, 0.2) is 0 Å². The molecule has 0 radical (unpaired) electrons. The van der Waals surface area contributed by atoms with Crippen molar-refractivity contribution in [1.82, 2.24) is 0 Å². The Kier molecular flexibility index (Phi) is 4.70. The van der Waals surface area contributed by atoms with Crippen LogP contribution in [0.4, 0.5) is 0 Å². The van der Waals surface area contributed by atoms with Crippen LogP contribution in [-0.2, 0) is 17.8 Å². The predicted molar refractivity (Wildman–Crippen MR) is 75.9 cm³/mol.